The third-order valence-corrected chi connectivity index (χ3v) is 6.00. The molecule has 2 aromatic carbocycles. The number of methoxy groups -OCH3 is 1. The first-order valence-corrected chi connectivity index (χ1v) is 9.09. The molecule has 0 N–H and O–H groups in total. The Morgan fingerprint density at radius 3 is 2.29 bits per heavy atom. The van der Waals surface area contributed by atoms with Crippen LogP contribution in [0.3, 0.4) is 0 Å². The lowest BCUT2D eigenvalue weighted by atomic mass is 10.2. The minimum Gasteiger partial charge on any atom is -0.497 e. The summed E-state index contributed by atoms with van der Waals surface area (Å²) in [5, 5.41) is 0. The summed E-state index contributed by atoms with van der Waals surface area (Å²) < 4.78 is 45.1. The van der Waals surface area contributed by atoms with Gasteiger partial charge < -0.3 is 9.64 Å². The van der Waals surface area contributed by atoms with Crippen LogP contribution < -0.4 is 9.64 Å². The number of ether oxygens (including phenoxy) is 1. The van der Waals surface area contributed by atoms with Crippen LogP contribution in [0.4, 0.5) is 10.1 Å². The van der Waals surface area contributed by atoms with E-state index in [0.717, 1.165) is 5.69 Å². The lowest BCUT2D eigenvalue weighted by molar-refractivity contribution is 0.383. The van der Waals surface area contributed by atoms with Gasteiger partial charge in [0.1, 0.15) is 11.6 Å². The molecular formula is C17H19FN2O3S. The SMILES string of the molecule is COc1cccc(S(=O)(=O)N2CCN(c3ccc(F)cc3)CC2)c1. The van der Waals surface area contributed by atoms with E-state index >= 15 is 0 Å². The maximum Gasteiger partial charge on any atom is 0.243 e. The highest BCUT2D eigenvalue weighted by molar-refractivity contribution is 7.89. The van der Waals surface area contributed by atoms with Crippen LogP contribution in [0, 0.1) is 5.82 Å². The van der Waals surface area contributed by atoms with Gasteiger partial charge >= 0.3 is 0 Å². The number of rotatable bonds is 4. The van der Waals surface area contributed by atoms with Gasteiger partial charge in [0, 0.05) is 37.9 Å². The average Bonchev–Trinajstić information content (AvgIpc) is 2.62. The molecule has 1 heterocycles. The van der Waals surface area contributed by atoms with Crippen molar-refractivity contribution in [2.75, 3.05) is 38.2 Å². The normalized spacial score (nSPS) is 16.2. The van der Waals surface area contributed by atoms with Crippen molar-refractivity contribution in [1.29, 1.82) is 0 Å². The van der Waals surface area contributed by atoms with Crippen molar-refractivity contribution >= 4 is 15.7 Å². The van der Waals surface area contributed by atoms with Crippen LogP contribution in [0.25, 0.3) is 0 Å². The van der Waals surface area contributed by atoms with Gasteiger partial charge in [-0.25, -0.2) is 12.8 Å². The van der Waals surface area contributed by atoms with E-state index < -0.39 is 10.0 Å². The lowest BCUT2D eigenvalue weighted by Crippen LogP contribution is -2.48. The van der Waals surface area contributed by atoms with Crippen molar-refractivity contribution in [3.8, 4) is 5.75 Å². The fourth-order valence-corrected chi connectivity index (χ4v) is 4.21. The number of anilines is 1. The molecule has 3 rings (SSSR count). The highest BCUT2D eigenvalue weighted by Gasteiger charge is 2.28. The third-order valence-electron chi connectivity index (χ3n) is 4.11. The van der Waals surface area contributed by atoms with Crippen LogP contribution in [0.1, 0.15) is 0 Å². The quantitative estimate of drug-likeness (QED) is 0.849. The molecule has 0 aliphatic carbocycles. The molecule has 0 spiro atoms. The first-order chi connectivity index (χ1) is 11.5. The molecule has 0 radical (unpaired) electrons. The van der Waals surface area contributed by atoms with Gasteiger partial charge in [0.15, 0.2) is 0 Å². The van der Waals surface area contributed by atoms with Gasteiger partial charge in [-0.05, 0) is 36.4 Å². The Morgan fingerprint density at radius 2 is 1.67 bits per heavy atom. The van der Waals surface area contributed by atoms with Gasteiger partial charge in [-0.2, -0.15) is 4.31 Å². The second kappa shape index (κ2) is 6.78. The Kier molecular flexibility index (Phi) is 4.73. The summed E-state index contributed by atoms with van der Waals surface area (Å²) >= 11 is 0. The standard InChI is InChI=1S/C17H19FN2O3S/c1-23-16-3-2-4-17(13-16)24(21,22)20-11-9-19(10-12-20)15-7-5-14(18)6-8-15/h2-8,13H,9-12H2,1H3. The van der Waals surface area contributed by atoms with E-state index in [1.807, 2.05) is 0 Å². The lowest BCUT2D eigenvalue weighted by Gasteiger charge is -2.35. The molecule has 0 bridgehead atoms. The first kappa shape index (κ1) is 16.7. The first-order valence-electron chi connectivity index (χ1n) is 7.65. The van der Waals surface area contributed by atoms with Crippen molar-refractivity contribution in [3.63, 3.8) is 0 Å². The maximum absolute atomic E-state index is 13.0. The monoisotopic (exact) mass is 350 g/mol. The van der Waals surface area contributed by atoms with Crippen LogP contribution >= 0.6 is 0 Å². The van der Waals surface area contributed by atoms with Gasteiger partial charge in [-0.15, -0.1) is 0 Å². The maximum atomic E-state index is 13.0. The molecule has 0 saturated carbocycles. The van der Waals surface area contributed by atoms with Gasteiger partial charge in [0.05, 0.1) is 12.0 Å². The Hall–Kier alpha value is -2.12. The van der Waals surface area contributed by atoms with Crippen molar-refractivity contribution in [1.82, 2.24) is 4.31 Å². The summed E-state index contributed by atoms with van der Waals surface area (Å²) in [6, 6.07) is 12.7. The Balaban J connectivity index is 1.72. The molecular weight excluding hydrogens is 331 g/mol. The number of sulfonamides is 1. The smallest absolute Gasteiger partial charge is 0.243 e. The van der Waals surface area contributed by atoms with E-state index in [0.29, 0.717) is 31.9 Å². The van der Waals surface area contributed by atoms with Crippen molar-refractivity contribution in [3.05, 3.63) is 54.3 Å². The van der Waals surface area contributed by atoms with E-state index in [1.54, 1.807) is 30.3 Å². The summed E-state index contributed by atoms with van der Waals surface area (Å²) in [4.78, 5) is 2.29. The molecule has 0 aromatic heterocycles. The van der Waals surface area contributed by atoms with Gasteiger partial charge in [0.2, 0.25) is 10.0 Å². The molecule has 1 saturated heterocycles. The molecule has 128 valence electrons. The number of nitrogens with zero attached hydrogens (tertiary/aromatic N) is 2. The number of hydrogen-bond acceptors (Lipinski definition) is 4. The Labute approximate surface area is 141 Å². The molecule has 0 atom stereocenters. The number of hydrogen-bond donors (Lipinski definition) is 0. The van der Waals surface area contributed by atoms with Crippen LogP contribution in [0.2, 0.25) is 0 Å². The minimum atomic E-state index is -3.54. The van der Waals surface area contributed by atoms with Crippen LogP contribution in [-0.4, -0.2) is 46.0 Å². The van der Waals surface area contributed by atoms with Gasteiger partial charge in [-0.3, -0.25) is 0 Å². The summed E-state index contributed by atoms with van der Waals surface area (Å²) in [7, 11) is -2.03. The van der Waals surface area contributed by atoms with Gasteiger partial charge in [0.25, 0.3) is 0 Å². The van der Waals surface area contributed by atoms with Crippen molar-refractivity contribution < 1.29 is 17.5 Å². The van der Waals surface area contributed by atoms with Crippen LogP contribution in [0.15, 0.2) is 53.4 Å². The summed E-state index contributed by atoms with van der Waals surface area (Å²) in [6.07, 6.45) is 0. The van der Waals surface area contributed by atoms with E-state index in [1.165, 1.54) is 29.6 Å². The Morgan fingerprint density at radius 1 is 1.00 bits per heavy atom. The van der Waals surface area contributed by atoms with E-state index in [2.05, 4.69) is 4.90 Å². The summed E-state index contributed by atoms with van der Waals surface area (Å²) in [6.45, 7) is 1.90. The number of benzene rings is 2. The zero-order valence-corrected chi connectivity index (χ0v) is 14.2. The fourth-order valence-electron chi connectivity index (χ4n) is 2.75. The topological polar surface area (TPSA) is 49.9 Å². The largest absolute Gasteiger partial charge is 0.497 e. The summed E-state index contributed by atoms with van der Waals surface area (Å²) in [5.41, 5.74) is 0.898. The predicted molar refractivity (Wildman–Crippen MR) is 90.4 cm³/mol. The molecule has 7 heteroatoms. The number of piperazine rings is 1. The Bertz CT molecular complexity index is 801. The molecule has 1 aliphatic heterocycles. The third kappa shape index (κ3) is 3.37. The molecule has 1 aliphatic rings. The van der Waals surface area contributed by atoms with Crippen molar-refractivity contribution in [2.24, 2.45) is 0 Å². The fraction of sp³-hybridized carbons (Fsp3) is 0.294. The molecule has 1 fully saturated rings. The molecule has 2 aromatic rings. The van der Waals surface area contributed by atoms with E-state index in [9.17, 15) is 12.8 Å². The van der Waals surface area contributed by atoms with Crippen LogP contribution in [0.5, 0.6) is 5.75 Å². The van der Waals surface area contributed by atoms with Crippen LogP contribution in [-0.2, 0) is 10.0 Å². The highest BCUT2D eigenvalue weighted by atomic mass is 32.2. The second-order valence-corrected chi connectivity index (χ2v) is 7.48. The summed E-state index contributed by atoms with van der Waals surface area (Å²) in [5.74, 6) is 0.235. The average molecular weight is 350 g/mol. The molecule has 0 amide bonds. The minimum absolute atomic E-state index is 0.233. The van der Waals surface area contributed by atoms with Crippen molar-refractivity contribution in [2.45, 2.75) is 4.90 Å². The molecule has 0 unspecified atom stereocenters. The predicted octanol–water partition coefficient (Wildman–Crippen LogP) is 2.35. The van der Waals surface area contributed by atoms with E-state index in [4.69, 9.17) is 4.74 Å². The zero-order valence-electron chi connectivity index (χ0n) is 13.4. The zero-order chi connectivity index (χ0) is 17.2. The van der Waals surface area contributed by atoms with E-state index in [-0.39, 0.29) is 10.7 Å². The highest BCUT2D eigenvalue weighted by Crippen LogP contribution is 2.23. The van der Waals surface area contributed by atoms with Gasteiger partial charge in [-0.1, -0.05) is 6.07 Å². The molecule has 24 heavy (non-hydrogen) atoms. The molecule has 5 nitrogen and oxygen atoms in total. The number of halogens is 1. The second-order valence-electron chi connectivity index (χ2n) is 5.55.